The molecule has 15 heteroatoms. The van der Waals surface area contributed by atoms with Crippen LogP contribution in [-0.2, 0) is 19.2 Å². The molecule has 0 aromatic heterocycles. The maximum atomic E-state index is 12.8. The molecule has 0 saturated carbocycles. The first kappa shape index (κ1) is 30.2. The fourth-order valence-corrected chi connectivity index (χ4v) is 3.26. The van der Waals surface area contributed by atoms with Crippen LogP contribution in [0.15, 0.2) is 4.99 Å². The highest BCUT2D eigenvalue weighted by Crippen LogP contribution is 2.05. The van der Waals surface area contributed by atoms with Crippen LogP contribution in [0.5, 0.6) is 0 Å². The number of aliphatic carboxylic acids is 1. The van der Waals surface area contributed by atoms with Gasteiger partial charge in [-0.25, -0.2) is 4.79 Å². The first-order chi connectivity index (χ1) is 15.1. The SMILES string of the molecule is CSCCC(NC(=O)C(CCCN=C(N)N)NC(=O)C(CS)NC(=O)C(N)CS)C(=O)O. The summed E-state index contributed by atoms with van der Waals surface area (Å²) in [5.74, 6) is -2.68. The van der Waals surface area contributed by atoms with E-state index < -0.39 is 47.9 Å². The minimum absolute atomic E-state index is 0.0509. The Morgan fingerprint density at radius 2 is 1.50 bits per heavy atom. The maximum absolute atomic E-state index is 12.8. The third kappa shape index (κ3) is 12.3. The molecule has 0 aromatic rings. The first-order valence-electron chi connectivity index (χ1n) is 9.72. The number of carboxylic acids is 1. The quantitative estimate of drug-likeness (QED) is 0.0463. The van der Waals surface area contributed by atoms with Crippen LogP contribution in [0, 0.1) is 0 Å². The lowest BCUT2D eigenvalue weighted by Crippen LogP contribution is -2.57. The highest BCUT2D eigenvalue weighted by Gasteiger charge is 2.29. The van der Waals surface area contributed by atoms with Gasteiger partial charge < -0.3 is 38.3 Å². The monoisotopic (exact) mass is 511 g/mol. The van der Waals surface area contributed by atoms with Crippen molar-refractivity contribution in [1.82, 2.24) is 16.0 Å². The number of aliphatic imine (C=N–C) groups is 1. The van der Waals surface area contributed by atoms with E-state index in [1.807, 2.05) is 6.26 Å². The number of carbonyl (C=O) groups excluding carboxylic acids is 3. The van der Waals surface area contributed by atoms with Crippen LogP contribution in [0.4, 0.5) is 0 Å². The normalized spacial score (nSPS) is 14.4. The Morgan fingerprint density at radius 3 is 2.00 bits per heavy atom. The van der Waals surface area contributed by atoms with Crippen molar-refractivity contribution < 1.29 is 24.3 Å². The predicted octanol–water partition coefficient (Wildman–Crippen LogP) is -2.48. The van der Waals surface area contributed by atoms with E-state index >= 15 is 0 Å². The number of amides is 3. The number of carbonyl (C=O) groups is 4. The van der Waals surface area contributed by atoms with Crippen molar-refractivity contribution >= 4 is 66.7 Å². The molecule has 10 N–H and O–H groups in total. The Bertz CT molecular complexity index is 664. The summed E-state index contributed by atoms with van der Waals surface area (Å²) in [6.45, 7) is 0.209. The van der Waals surface area contributed by atoms with Crippen molar-refractivity contribution in [3.63, 3.8) is 0 Å². The number of nitrogens with two attached hydrogens (primary N) is 3. The highest BCUT2D eigenvalue weighted by atomic mass is 32.2. The lowest BCUT2D eigenvalue weighted by atomic mass is 10.1. The summed E-state index contributed by atoms with van der Waals surface area (Å²) >= 11 is 9.45. The largest absolute Gasteiger partial charge is 0.480 e. The number of hydrogen-bond donors (Lipinski definition) is 9. The molecular weight excluding hydrogens is 478 g/mol. The molecule has 0 aliphatic heterocycles. The number of nitrogens with one attached hydrogen (secondary N) is 3. The second-order valence-corrected chi connectivity index (χ2v) is 8.44. The number of nitrogens with zero attached hydrogens (tertiary/aromatic N) is 1. The molecule has 3 amide bonds. The molecule has 0 bridgehead atoms. The van der Waals surface area contributed by atoms with Crippen molar-refractivity contribution in [2.45, 2.75) is 43.4 Å². The molecule has 0 aliphatic rings. The molecule has 0 rings (SSSR count). The fraction of sp³-hybridized carbons (Fsp3) is 0.706. The van der Waals surface area contributed by atoms with E-state index in [2.05, 4.69) is 46.2 Å². The van der Waals surface area contributed by atoms with Gasteiger partial charge in [-0.05, 0) is 31.3 Å². The molecular formula is C17H33N7O5S3. The molecule has 0 aromatic carbocycles. The number of guanidine groups is 1. The molecule has 4 unspecified atom stereocenters. The van der Waals surface area contributed by atoms with E-state index in [0.717, 1.165) is 0 Å². The minimum atomic E-state index is -1.18. The molecule has 0 spiro atoms. The lowest BCUT2D eigenvalue weighted by Gasteiger charge is -2.24. The van der Waals surface area contributed by atoms with Gasteiger partial charge in [-0.1, -0.05) is 0 Å². The van der Waals surface area contributed by atoms with Crippen LogP contribution in [0.2, 0.25) is 0 Å². The number of thioether (sulfide) groups is 1. The minimum Gasteiger partial charge on any atom is -0.480 e. The van der Waals surface area contributed by atoms with Gasteiger partial charge in [-0.3, -0.25) is 19.4 Å². The summed E-state index contributed by atoms with van der Waals surface area (Å²) < 4.78 is 0. The van der Waals surface area contributed by atoms with Gasteiger partial charge in [0.2, 0.25) is 17.7 Å². The fourth-order valence-electron chi connectivity index (χ4n) is 2.37. The van der Waals surface area contributed by atoms with Gasteiger partial charge in [0.1, 0.15) is 18.1 Å². The van der Waals surface area contributed by atoms with Crippen molar-refractivity contribution in [2.75, 3.05) is 30.1 Å². The standard InChI is InChI=1S/C17H33N7O5S3/c1-32-6-4-11(16(28)29)23-14(26)10(3-2-5-21-17(19)20)22-15(27)12(8-31)24-13(25)9(18)7-30/h9-12,30-31H,2-8,18H2,1H3,(H,22,27)(H,23,26)(H,24,25)(H,28,29)(H4,19,20,21). The Kier molecular flexibility index (Phi) is 15.8. The smallest absolute Gasteiger partial charge is 0.326 e. The van der Waals surface area contributed by atoms with Gasteiger partial charge >= 0.3 is 5.97 Å². The molecule has 32 heavy (non-hydrogen) atoms. The molecule has 0 heterocycles. The summed E-state index contributed by atoms with van der Waals surface area (Å²) in [6, 6.07) is -4.16. The lowest BCUT2D eigenvalue weighted by molar-refractivity contribution is -0.142. The first-order valence-corrected chi connectivity index (χ1v) is 12.4. The summed E-state index contributed by atoms with van der Waals surface area (Å²) in [7, 11) is 0. The van der Waals surface area contributed by atoms with Gasteiger partial charge in [-0.15, -0.1) is 0 Å². The second kappa shape index (κ2) is 16.7. The zero-order chi connectivity index (χ0) is 24.7. The van der Waals surface area contributed by atoms with Crippen LogP contribution in [0.1, 0.15) is 19.3 Å². The Hall–Kier alpha value is -1.84. The average Bonchev–Trinajstić information content (AvgIpc) is 2.75. The van der Waals surface area contributed by atoms with Crippen molar-refractivity contribution in [3.05, 3.63) is 0 Å². The van der Waals surface area contributed by atoms with Crippen LogP contribution < -0.4 is 33.2 Å². The average molecular weight is 512 g/mol. The Balaban J connectivity index is 5.33. The Labute approximate surface area is 202 Å². The van der Waals surface area contributed by atoms with Crippen LogP contribution in [-0.4, -0.2) is 89.0 Å². The van der Waals surface area contributed by atoms with Gasteiger partial charge in [0.05, 0.1) is 6.04 Å². The van der Waals surface area contributed by atoms with E-state index in [4.69, 9.17) is 17.2 Å². The second-order valence-electron chi connectivity index (χ2n) is 6.72. The molecule has 0 fully saturated rings. The summed E-state index contributed by atoms with van der Waals surface area (Å²) in [5, 5.41) is 16.8. The van der Waals surface area contributed by atoms with Crippen molar-refractivity contribution in [1.29, 1.82) is 0 Å². The maximum Gasteiger partial charge on any atom is 0.326 e. The third-order valence-electron chi connectivity index (χ3n) is 4.15. The molecule has 0 saturated heterocycles. The third-order valence-corrected chi connectivity index (χ3v) is 5.56. The number of hydrogen-bond acceptors (Lipinski definition) is 9. The van der Waals surface area contributed by atoms with E-state index in [0.29, 0.717) is 12.2 Å². The summed E-state index contributed by atoms with van der Waals surface area (Å²) in [6.07, 6.45) is 2.50. The number of rotatable bonds is 16. The van der Waals surface area contributed by atoms with Gasteiger partial charge in [0, 0.05) is 18.1 Å². The van der Waals surface area contributed by atoms with Gasteiger partial charge in [0.15, 0.2) is 5.96 Å². The summed E-state index contributed by atoms with van der Waals surface area (Å²) in [5.41, 5.74) is 16.2. The van der Waals surface area contributed by atoms with E-state index in [-0.39, 0.29) is 36.9 Å². The van der Waals surface area contributed by atoms with Crippen molar-refractivity contribution in [2.24, 2.45) is 22.2 Å². The Morgan fingerprint density at radius 1 is 0.938 bits per heavy atom. The zero-order valence-electron chi connectivity index (χ0n) is 17.8. The number of carboxylic acid groups (broad SMARTS) is 1. The zero-order valence-corrected chi connectivity index (χ0v) is 20.4. The predicted molar refractivity (Wildman–Crippen MR) is 132 cm³/mol. The van der Waals surface area contributed by atoms with E-state index in [9.17, 15) is 24.3 Å². The molecule has 0 radical (unpaired) electrons. The molecule has 4 atom stereocenters. The van der Waals surface area contributed by atoms with Gasteiger partial charge in [0.25, 0.3) is 0 Å². The van der Waals surface area contributed by atoms with Crippen LogP contribution >= 0.6 is 37.0 Å². The van der Waals surface area contributed by atoms with E-state index in [1.54, 1.807) is 0 Å². The van der Waals surface area contributed by atoms with Crippen LogP contribution in [0.25, 0.3) is 0 Å². The molecule has 12 nitrogen and oxygen atoms in total. The van der Waals surface area contributed by atoms with Crippen LogP contribution in [0.3, 0.4) is 0 Å². The van der Waals surface area contributed by atoms with E-state index in [1.165, 1.54) is 11.8 Å². The number of thiol groups is 2. The highest BCUT2D eigenvalue weighted by molar-refractivity contribution is 7.98. The molecule has 0 aliphatic carbocycles. The molecule has 184 valence electrons. The topological polar surface area (TPSA) is 215 Å². The van der Waals surface area contributed by atoms with Crippen molar-refractivity contribution in [3.8, 4) is 0 Å². The van der Waals surface area contributed by atoms with Gasteiger partial charge in [-0.2, -0.15) is 37.0 Å². The summed E-state index contributed by atoms with van der Waals surface area (Å²) in [4.78, 5) is 52.7.